The van der Waals surface area contributed by atoms with E-state index in [1.54, 1.807) is 0 Å². The summed E-state index contributed by atoms with van der Waals surface area (Å²) in [6.07, 6.45) is 11.3. The van der Waals surface area contributed by atoms with Gasteiger partial charge in [0, 0.05) is 31.7 Å². The quantitative estimate of drug-likeness (QED) is 0.629. The lowest BCUT2D eigenvalue weighted by atomic mass is 9.93. The minimum atomic E-state index is 0.408. The topological polar surface area (TPSA) is 15.3 Å². The van der Waals surface area contributed by atoms with Crippen LogP contribution in [-0.4, -0.2) is 36.6 Å². The first-order chi connectivity index (χ1) is 8.67. The molecule has 1 fully saturated rings. The number of rotatable bonds is 9. The molecule has 1 rings (SSSR count). The summed E-state index contributed by atoms with van der Waals surface area (Å²) in [6, 6.07) is 0. The van der Waals surface area contributed by atoms with Gasteiger partial charge >= 0.3 is 0 Å². The summed E-state index contributed by atoms with van der Waals surface area (Å²) >= 11 is 0. The highest BCUT2D eigenvalue weighted by Gasteiger charge is 2.26. The molecule has 0 atom stereocenters. The number of hydrogen-bond acceptors (Lipinski definition) is 2. The van der Waals surface area contributed by atoms with Gasteiger partial charge < -0.3 is 5.32 Å². The summed E-state index contributed by atoms with van der Waals surface area (Å²) in [5.41, 5.74) is 0.408. The van der Waals surface area contributed by atoms with Crippen molar-refractivity contribution in [1.29, 1.82) is 0 Å². The van der Waals surface area contributed by atoms with E-state index < -0.39 is 0 Å². The van der Waals surface area contributed by atoms with E-state index in [9.17, 15) is 0 Å². The molecule has 1 N–H and O–H groups in total. The lowest BCUT2D eigenvalue weighted by Gasteiger charge is -2.41. The Morgan fingerprint density at radius 2 is 1.44 bits per heavy atom. The van der Waals surface area contributed by atoms with Crippen molar-refractivity contribution in [3.05, 3.63) is 0 Å². The summed E-state index contributed by atoms with van der Waals surface area (Å²) in [7, 11) is 0. The Balaban J connectivity index is 2.05. The molecule has 0 saturated carbocycles. The molecule has 1 aliphatic rings. The summed E-state index contributed by atoms with van der Waals surface area (Å²) in [5.74, 6) is 0. The molecule has 2 nitrogen and oxygen atoms in total. The third-order valence-electron chi connectivity index (χ3n) is 4.37. The first kappa shape index (κ1) is 16.0. The van der Waals surface area contributed by atoms with Gasteiger partial charge in [0.1, 0.15) is 0 Å². The minimum Gasteiger partial charge on any atom is -0.314 e. The second-order valence-electron chi connectivity index (χ2n) is 6.42. The van der Waals surface area contributed by atoms with Crippen LogP contribution in [0.5, 0.6) is 0 Å². The molecule has 1 heterocycles. The monoisotopic (exact) mass is 254 g/mol. The lowest BCUT2D eigenvalue weighted by Crippen LogP contribution is -2.53. The Morgan fingerprint density at radius 1 is 0.889 bits per heavy atom. The van der Waals surface area contributed by atoms with Gasteiger partial charge in [-0.25, -0.2) is 0 Å². The smallest absolute Gasteiger partial charge is 0.0154 e. The van der Waals surface area contributed by atoms with E-state index >= 15 is 0 Å². The Morgan fingerprint density at radius 3 is 2.06 bits per heavy atom. The van der Waals surface area contributed by atoms with Crippen molar-refractivity contribution >= 4 is 0 Å². The van der Waals surface area contributed by atoms with Crippen molar-refractivity contribution in [1.82, 2.24) is 10.2 Å². The average molecular weight is 254 g/mol. The van der Waals surface area contributed by atoms with Gasteiger partial charge in [-0.15, -0.1) is 0 Å². The Labute approximate surface area is 115 Å². The summed E-state index contributed by atoms with van der Waals surface area (Å²) < 4.78 is 0. The van der Waals surface area contributed by atoms with Crippen LogP contribution in [0.1, 0.15) is 72.1 Å². The van der Waals surface area contributed by atoms with E-state index in [0.717, 1.165) is 0 Å². The largest absolute Gasteiger partial charge is 0.314 e. The van der Waals surface area contributed by atoms with Crippen LogP contribution >= 0.6 is 0 Å². The van der Waals surface area contributed by atoms with E-state index in [1.807, 2.05) is 0 Å². The number of hydrogen-bond donors (Lipinski definition) is 1. The average Bonchev–Trinajstić information content (AvgIpc) is 2.39. The van der Waals surface area contributed by atoms with Gasteiger partial charge in [-0.1, -0.05) is 51.9 Å². The maximum Gasteiger partial charge on any atom is 0.0154 e. The fraction of sp³-hybridized carbons (Fsp3) is 1.00. The SMILES string of the molecule is CCCCCCCCCC(C)(C)N1CCNCC1. The Kier molecular flexibility index (Phi) is 7.92. The maximum absolute atomic E-state index is 3.44. The molecule has 0 aromatic carbocycles. The van der Waals surface area contributed by atoms with E-state index in [-0.39, 0.29) is 0 Å². The van der Waals surface area contributed by atoms with Gasteiger partial charge in [-0.05, 0) is 20.3 Å². The van der Waals surface area contributed by atoms with Crippen LogP contribution in [0.25, 0.3) is 0 Å². The van der Waals surface area contributed by atoms with E-state index in [4.69, 9.17) is 0 Å². The summed E-state index contributed by atoms with van der Waals surface area (Å²) in [6.45, 7) is 11.9. The van der Waals surface area contributed by atoms with Gasteiger partial charge in [-0.3, -0.25) is 4.90 Å². The van der Waals surface area contributed by atoms with Gasteiger partial charge in [0.05, 0.1) is 0 Å². The third-order valence-corrected chi connectivity index (χ3v) is 4.37. The van der Waals surface area contributed by atoms with Crippen LogP contribution in [-0.2, 0) is 0 Å². The molecule has 18 heavy (non-hydrogen) atoms. The standard InChI is InChI=1S/C16H34N2/c1-4-5-6-7-8-9-10-11-16(2,3)18-14-12-17-13-15-18/h17H,4-15H2,1-3H3. The first-order valence-corrected chi connectivity index (χ1v) is 8.12. The zero-order valence-corrected chi connectivity index (χ0v) is 12.9. The minimum absolute atomic E-state index is 0.408. The van der Waals surface area contributed by atoms with Crippen molar-refractivity contribution in [3.8, 4) is 0 Å². The van der Waals surface area contributed by atoms with Crippen LogP contribution in [0.15, 0.2) is 0 Å². The molecule has 1 aliphatic heterocycles. The van der Waals surface area contributed by atoms with Crippen molar-refractivity contribution in [2.24, 2.45) is 0 Å². The molecule has 0 spiro atoms. The first-order valence-electron chi connectivity index (χ1n) is 8.12. The number of piperazine rings is 1. The Bertz CT molecular complexity index is 195. The fourth-order valence-electron chi connectivity index (χ4n) is 2.94. The van der Waals surface area contributed by atoms with E-state index in [1.165, 1.54) is 77.5 Å². The summed E-state index contributed by atoms with van der Waals surface area (Å²) in [5, 5.41) is 3.44. The zero-order valence-electron chi connectivity index (χ0n) is 12.9. The number of nitrogens with zero attached hydrogens (tertiary/aromatic N) is 1. The highest BCUT2D eigenvalue weighted by Crippen LogP contribution is 2.22. The molecule has 0 aromatic heterocycles. The highest BCUT2D eigenvalue weighted by molar-refractivity contribution is 4.84. The molecule has 108 valence electrons. The normalized spacial score (nSPS) is 18.2. The molecule has 0 amide bonds. The molecule has 0 bridgehead atoms. The van der Waals surface area contributed by atoms with Crippen LogP contribution in [0, 0.1) is 0 Å². The lowest BCUT2D eigenvalue weighted by molar-refractivity contribution is 0.0930. The molecule has 0 aromatic rings. The predicted octanol–water partition coefficient (Wildman–Crippen LogP) is 3.81. The van der Waals surface area contributed by atoms with Gasteiger partial charge in [-0.2, -0.15) is 0 Å². The van der Waals surface area contributed by atoms with E-state index in [0.29, 0.717) is 5.54 Å². The van der Waals surface area contributed by atoms with Gasteiger partial charge in [0.15, 0.2) is 0 Å². The van der Waals surface area contributed by atoms with Crippen molar-refractivity contribution in [3.63, 3.8) is 0 Å². The maximum atomic E-state index is 3.44. The van der Waals surface area contributed by atoms with Crippen molar-refractivity contribution in [2.45, 2.75) is 77.7 Å². The van der Waals surface area contributed by atoms with Crippen molar-refractivity contribution < 1.29 is 0 Å². The van der Waals surface area contributed by atoms with Crippen LogP contribution in [0.3, 0.4) is 0 Å². The third kappa shape index (κ3) is 6.19. The molecule has 0 unspecified atom stereocenters. The second kappa shape index (κ2) is 8.92. The van der Waals surface area contributed by atoms with Gasteiger partial charge in [0.2, 0.25) is 0 Å². The Hall–Kier alpha value is -0.0800. The molecular weight excluding hydrogens is 220 g/mol. The molecule has 0 aliphatic carbocycles. The second-order valence-corrected chi connectivity index (χ2v) is 6.42. The predicted molar refractivity (Wildman–Crippen MR) is 81.1 cm³/mol. The molecule has 1 saturated heterocycles. The van der Waals surface area contributed by atoms with Crippen LogP contribution in [0.4, 0.5) is 0 Å². The van der Waals surface area contributed by atoms with Gasteiger partial charge in [0.25, 0.3) is 0 Å². The molecule has 2 heteroatoms. The van der Waals surface area contributed by atoms with Crippen molar-refractivity contribution in [2.75, 3.05) is 26.2 Å². The van der Waals surface area contributed by atoms with E-state index in [2.05, 4.69) is 31.0 Å². The number of unbranched alkanes of at least 4 members (excludes halogenated alkanes) is 6. The fourth-order valence-corrected chi connectivity index (χ4v) is 2.94. The van der Waals surface area contributed by atoms with Crippen LogP contribution < -0.4 is 5.32 Å². The zero-order chi connectivity index (χ0) is 13.3. The highest BCUT2D eigenvalue weighted by atomic mass is 15.2. The summed E-state index contributed by atoms with van der Waals surface area (Å²) in [4.78, 5) is 2.67. The van der Waals surface area contributed by atoms with Crippen LogP contribution in [0.2, 0.25) is 0 Å². The number of nitrogens with one attached hydrogen (secondary N) is 1. The molecular formula is C16H34N2. The molecule has 0 radical (unpaired) electrons.